The second-order valence-corrected chi connectivity index (χ2v) is 7.07. The van der Waals surface area contributed by atoms with Crippen molar-refractivity contribution in [2.45, 2.75) is 12.8 Å². The normalized spacial score (nSPS) is 13.4. The lowest BCUT2D eigenvalue weighted by molar-refractivity contribution is 0.262. The van der Waals surface area contributed by atoms with Crippen molar-refractivity contribution < 1.29 is 4.79 Å². The smallest absolute Gasteiger partial charge is 0.323 e. The van der Waals surface area contributed by atoms with E-state index < -0.39 is 0 Å². The Morgan fingerprint density at radius 3 is 2.00 bits per heavy atom. The third-order valence-electron chi connectivity index (χ3n) is 4.62. The molecule has 0 aliphatic carbocycles. The molecule has 28 heavy (non-hydrogen) atoms. The fourth-order valence-electron chi connectivity index (χ4n) is 3.15. The molecule has 0 unspecified atom stereocenters. The highest BCUT2D eigenvalue weighted by molar-refractivity contribution is 6.30. The zero-order valence-electron chi connectivity index (χ0n) is 15.2. The lowest BCUT2D eigenvalue weighted by Gasteiger charge is -2.15. The molecule has 1 aromatic heterocycles. The molecule has 1 aliphatic heterocycles. The summed E-state index contributed by atoms with van der Waals surface area (Å²) in [6, 6.07) is 18.1. The fraction of sp³-hybridized carbons (Fsp3) is 0.190. The van der Waals surface area contributed by atoms with Gasteiger partial charge in [-0.05, 0) is 61.4 Å². The molecule has 0 atom stereocenters. The first-order valence-electron chi connectivity index (χ1n) is 9.20. The van der Waals surface area contributed by atoms with E-state index in [1.807, 2.05) is 36.4 Å². The van der Waals surface area contributed by atoms with Gasteiger partial charge in [-0.3, -0.25) is 0 Å². The third-order valence-corrected chi connectivity index (χ3v) is 4.87. The number of hydrogen-bond acceptors (Lipinski definition) is 4. The zero-order chi connectivity index (χ0) is 19.3. The predicted octanol–water partition coefficient (Wildman–Crippen LogP) is 5.04. The van der Waals surface area contributed by atoms with Crippen LogP contribution in [-0.4, -0.2) is 29.3 Å². The lowest BCUT2D eigenvalue weighted by Crippen LogP contribution is -2.19. The third kappa shape index (κ3) is 4.40. The minimum atomic E-state index is -0.315. The molecule has 2 heterocycles. The molecule has 1 fully saturated rings. The van der Waals surface area contributed by atoms with Gasteiger partial charge in [0.15, 0.2) is 5.82 Å². The summed E-state index contributed by atoms with van der Waals surface area (Å²) in [5.41, 5.74) is 3.12. The van der Waals surface area contributed by atoms with Gasteiger partial charge in [-0.1, -0.05) is 23.7 Å². The van der Waals surface area contributed by atoms with Crippen molar-refractivity contribution in [1.82, 2.24) is 10.2 Å². The molecular formula is C21H20ClN5O. The van der Waals surface area contributed by atoms with Crippen molar-refractivity contribution >= 4 is 34.8 Å². The van der Waals surface area contributed by atoms with Crippen molar-refractivity contribution in [1.29, 1.82) is 0 Å². The van der Waals surface area contributed by atoms with Crippen molar-refractivity contribution in [3.63, 3.8) is 0 Å². The number of nitrogens with one attached hydrogen (secondary N) is 2. The number of nitrogens with zero attached hydrogens (tertiary/aromatic N) is 3. The number of hydrogen-bond donors (Lipinski definition) is 2. The van der Waals surface area contributed by atoms with E-state index in [1.54, 1.807) is 24.3 Å². The van der Waals surface area contributed by atoms with Gasteiger partial charge < -0.3 is 15.5 Å². The molecule has 2 aromatic carbocycles. The Morgan fingerprint density at radius 1 is 0.821 bits per heavy atom. The molecule has 0 radical (unpaired) electrons. The highest BCUT2D eigenvalue weighted by atomic mass is 35.5. The van der Waals surface area contributed by atoms with E-state index >= 15 is 0 Å². The lowest BCUT2D eigenvalue weighted by atomic mass is 10.1. The Labute approximate surface area is 168 Å². The molecule has 3 aromatic rings. The van der Waals surface area contributed by atoms with Crippen LogP contribution >= 0.6 is 11.6 Å². The fourth-order valence-corrected chi connectivity index (χ4v) is 3.27. The number of anilines is 3. The Hall–Kier alpha value is -3.12. The molecule has 0 spiro atoms. The molecule has 0 saturated carbocycles. The number of halogens is 1. The van der Waals surface area contributed by atoms with Gasteiger partial charge in [0.05, 0.1) is 5.69 Å². The quantitative estimate of drug-likeness (QED) is 0.651. The maximum atomic E-state index is 12.1. The number of urea groups is 1. The first-order valence-corrected chi connectivity index (χ1v) is 9.58. The molecule has 6 nitrogen and oxygen atoms in total. The van der Waals surface area contributed by atoms with E-state index in [0.717, 1.165) is 30.2 Å². The summed E-state index contributed by atoms with van der Waals surface area (Å²) in [5, 5.41) is 14.9. The van der Waals surface area contributed by atoms with Crippen LogP contribution in [0.1, 0.15) is 12.8 Å². The van der Waals surface area contributed by atoms with E-state index in [-0.39, 0.29) is 6.03 Å². The summed E-state index contributed by atoms with van der Waals surface area (Å²) >= 11 is 5.84. The molecule has 4 rings (SSSR count). The SMILES string of the molecule is O=C(Nc1ccc(Cl)cc1)Nc1ccc(-c2ccc(N3CCCC3)nn2)cc1. The average molecular weight is 394 g/mol. The van der Waals surface area contributed by atoms with Crippen molar-refractivity contribution in [2.75, 3.05) is 28.6 Å². The van der Waals surface area contributed by atoms with Gasteiger partial charge in [0.1, 0.15) is 0 Å². The monoisotopic (exact) mass is 393 g/mol. The van der Waals surface area contributed by atoms with Crippen LogP contribution in [0, 0.1) is 0 Å². The Balaban J connectivity index is 1.37. The first-order chi connectivity index (χ1) is 13.7. The zero-order valence-corrected chi connectivity index (χ0v) is 16.0. The van der Waals surface area contributed by atoms with Crippen LogP contribution in [0.5, 0.6) is 0 Å². The van der Waals surface area contributed by atoms with Crippen LogP contribution in [0.2, 0.25) is 5.02 Å². The molecule has 142 valence electrons. The van der Waals surface area contributed by atoms with E-state index in [2.05, 4.69) is 25.7 Å². The second kappa shape index (κ2) is 8.27. The molecule has 2 N–H and O–H groups in total. The first kappa shape index (κ1) is 18.3. The van der Waals surface area contributed by atoms with Crippen LogP contribution in [0.4, 0.5) is 22.0 Å². The number of benzene rings is 2. The highest BCUT2D eigenvalue weighted by Gasteiger charge is 2.14. The highest BCUT2D eigenvalue weighted by Crippen LogP contribution is 2.22. The van der Waals surface area contributed by atoms with Gasteiger partial charge >= 0.3 is 6.03 Å². The van der Waals surface area contributed by atoms with Crippen molar-refractivity contribution in [2.24, 2.45) is 0 Å². The molecule has 2 amide bonds. The van der Waals surface area contributed by atoms with Crippen LogP contribution in [0.3, 0.4) is 0 Å². The van der Waals surface area contributed by atoms with Gasteiger partial charge in [-0.2, -0.15) is 0 Å². The van der Waals surface area contributed by atoms with Crippen LogP contribution in [0.15, 0.2) is 60.7 Å². The number of aromatic nitrogens is 2. The van der Waals surface area contributed by atoms with Gasteiger partial charge in [-0.25, -0.2) is 4.79 Å². The average Bonchev–Trinajstić information content (AvgIpc) is 3.25. The number of amides is 2. The molecule has 1 saturated heterocycles. The minimum absolute atomic E-state index is 0.315. The van der Waals surface area contributed by atoms with Gasteiger partial charge in [0.25, 0.3) is 0 Å². The largest absolute Gasteiger partial charge is 0.355 e. The van der Waals surface area contributed by atoms with E-state index in [4.69, 9.17) is 11.6 Å². The van der Waals surface area contributed by atoms with Gasteiger partial charge in [0, 0.05) is 35.1 Å². The summed E-state index contributed by atoms with van der Waals surface area (Å²) in [6.45, 7) is 2.10. The maximum absolute atomic E-state index is 12.1. The summed E-state index contributed by atoms with van der Waals surface area (Å²) < 4.78 is 0. The van der Waals surface area contributed by atoms with Crippen LogP contribution in [0.25, 0.3) is 11.3 Å². The summed E-state index contributed by atoms with van der Waals surface area (Å²) in [6.07, 6.45) is 2.42. The van der Waals surface area contributed by atoms with E-state index in [1.165, 1.54) is 12.8 Å². The van der Waals surface area contributed by atoms with E-state index in [9.17, 15) is 4.79 Å². The number of rotatable bonds is 4. The Kier molecular flexibility index (Phi) is 5.39. The summed E-state index contributed by atoms with van der Waals surface area (Å²) in [4.78, 5) is 14.4. The molecule has 0 bridgehead atoms. The van der Waals surface area contributed by atoms with Crippen molar-refractivity contribution in [3.8, 4) is 11.3 Å². The van der Waals surface area contributed by atoms with Crippen molar-refractivity contribution in [3.05, 3.63) is 65.7 Å². The topological polar surface area (TPSA) is 70.2 Å². The Morgan fingerprint density at radius 2 is 1.43 bits per heavy atom. The predicted molar refractivity (Wildman–Crippen MR) is 113 cm³/mol. The van der Waals surface area contributed by atoms with Gasteiger partial charge in [-0.15, -0.1) is 10.2 Å². The van der Waals surface area contributed by atoms with Crippen LogP contribution in [-0.2, 0) is 0 Å². The number of carbonyl (C=O) groups excluding carboxylic acids is 1. The molecule has 7 heteroatoms. The van der Waals surface area contributed by atoms with Crippen LogP contribution < -0.4 is 15.5 Å². The second-order valence-electron chi connectivity index (χ2n) is 6.63. The molecule has 1 aliphatic rings. The maximum Gasteiger partial charge on any atom is 0.323 e. The van der Waals surface area contributed by atoms with E-state index in [0.29, 0.717) is 16.4 Å². The number of carbonyl (C=O) groups is 1. The summed E-state index contributed by atoms with van der Waals surface area (Å²) in [5.74, 6) is 0.929. The summed E-state index contributed by atoms with van der Waals surface area (Å²) in [7, 11) is 0. The van der Waals surface area contributed by atoms with Gasteiger partial charge in [0.2, 0.25) is 0 Å². The minimum Gasteiger partial charge on any atom is -0.355 e. The Bertz CT molecular complexity index is 936. The molecular weight excluding hydrogens is 374 g/mol. The standard InChI is InChI=1S/C21H20ClN5O/c22-16-5-9-18(10-6-16)24-21(28)23-17-7-3-15(4-8-17)19-11-12-20(26-25-19)27-13-1-2-14-27/h3-12H,1-2,13-14H2,(H2,23,24,28).